The Kier molecular flexibility index (Phi) is 4.29. The first-order valence-electron chi connectivity index (χ1n) is 8.34. The molecule has 1 aliphatic carbocycles. The maximum atomic E-state index is 10.2. The van der Waals surface area contributed by atoms with Gasteiger partial charge in [0.15, 0.2) is 23.2 Å². The first-order valence-corrected chi connectivity index (χ1v) is 8.34. The molecule has 25 heavy (non-hydrogen) atoms. The van der Waals surface area contributed by atoms with Gasteiger partial charge in [-0.2, -0.15) is 0 Å². The standard InChI is InChI=1S/C15H21N5O5/c21-4-9-11(23)12(24)15(25-9)20-6-18-10-13(16-5-17-14(10)20)19-7-2-1-3-8(7)22/h5-9,11-12,15,21-24H,1-4H2,(H,16,17,19)/t7-,8-,9+,11+,12-,15+/m0/s1. The second kappa shape index (κ2) is 6.46. The van der Waals surface area contributed by atoms with Crippen LogP contribution in [0.4, 0.5) is 5.82 Å². The number of rotatable bonds is 4. The highest BCUT2D eigenvalue weighted by molar-refractivity contribution is 5.82. The van der Waals surface area contributed by atoms with Gasteiger partial charge in [-0.25, -0.2) is 15.0 Å². The van der Waals surface area contributed by atoms with Crippen LogP contribution in [-0.2, 0) is 4.74 Å². The topological polar surface area (TPSA) is 146 Å². The third kappa shape index (κ3) is 2.75. The van der Waals surface area contributed by atoms with E-state index in [2.05, 4.69) is 20.3 Å². The SMILES string of the molecule is OC[C@H]1O[C@@H](n2cnc3c(N[C@H]4CCC[C@@H]4O)ncnc32)[C@@H](O)[C@@H]1O. The number of aromatic nitrogens is 4. The average molecular weight is 351 g/mol. The van der Waals surface area contributed by atoms with Crippen LogP contribution in [0.1, 0.15) is 25.5 Å². The normalized spacial score (nSPS) is 35.5. The van der Waals surface area contributed by atoms with Gasteiger partial charge in [0.05, 0.1) is 25.1 Å². The van der Waals surface area contributed by atoms with Gasteiger partial charge in [-0.3, -0.25) is 4.57 Å². The molecule has 2 aromatic rings. The molecule has 2 fully saturated rings. The fourth-order valence-corrected chi connectivity index (χ4v) is 3.54. The molecule has 2 aliphatic rings. The average Bonchev–Trinajstić information content (AvgIpc) is 3.29. The third-order valence-corrected chi connectivity index (χ3v) is 4.95. The Morgan fingerprint density at radius 2 is 2.00 bits per heavy atom. The number of aliphatic hydroxyl groups is 4. The molecule has 0 amide bonds. The Hall–Kier alpha value is -1.85. The van der Waals surface area contributed by atoms with Crippen molar-refractivity contribution in [2.45, 2.75) is 55.9 Å². The summed E-state index contributed by atoms with van der Waals surface area (Å²) in [5.41, 5.74) is 0.916. The van der Waals surface area contributed by atoms with Crippen LogP contribution < -0.4 is 5.32 Å². The minimum Gasteiger partial charge on any atom is -0.394 e. The highest BCUT2D eigenvalue weighted by Crippen LogP contribution is 2.32. The van der Waals surface area contributed by atoms with E-state index >= 15 is 0 Å². The van der Waals surface area contributed by atoms with Crippen LogP contribution in [0.3, 0.4) is 0 Å². The monoisotopic (exact) mass is 351 g/mol. The molecular weight excluding hydrogens is 330 g/mol. The van der Waals surface area contributed by atoms with Crippen LogP contribution in [-0.4, -0.2) is 77.0 Å². The summed E-state index contributed by atoms with van der Waals surface area (Å²) in [4.78, 5) is 12.7. The number of aliphatic hydroxyl groups excluding tert-OH is 4. The van der Waals surface area contributed by atoms with Gasteiger partial charge < -0.3 is 30.5 Å². The molecule has 10 heteroatoms. The summed E-state index contributed by atoms with van der Waals surface area (Å²) in [5.74, 6) is 0.501. The van der Waals surface area contributed by atoms with E-state index in [1.807, 2.05) is 0 Å². The summed E-state index contributed by atoms with van der Waals surface area (Å²) in [7, 11) is 0. The molecule has 0 unspecified atom stereocenters. The number of anilines is 1. The lowest BCUT2D eigenvalue weighted by Crippen LogP contribution is -2.33. The Bertz CT molecular complexity index is 755. The summed E-state index contributed by atoms with van der Waals surface area (Å²) in [5, 5.41) is 42.6. The van der Waals surface area contributed by atoms with Crippen molar-refractivity contribution in [2.24, 2.45) is 0 Å². The van der Waals surface area contributed by atoms with E-state index < -0.39 is 37.3 Å². The minimum absolute atomic E-state index is 0.0860. The fourth-order valence-electron chi connectivity index (χ4n) is 3.54. The lowest BCUT2D eigenvalue weighted by atomic mass is 10.1. The number of nitrogens with one attached hydrogen (secondary N) is 1. The van der Waals surface area contributed by atoms with Crippen molar-refractivity contribution in [3.05, 3.63) is 12.7 Å². The van der Waals surface area contributed by atoms with Gasteiger partial charge in [0.25, 0.3) is 0 Å². The largest absolute Gasteiger partial charge is 0.394 e. The van der Waals surface area contributed by atoms with E-state index in [1.165, 1.54) is 17.2 Å². The molecule has 4 rings (SSSR count). The summed E-state index contributed by atoms with van der Waals surface area (Å²) in [6, 6.07) is -0.0860. The highest BCUT2D eigenvalue weighted by atomic mass is 16.6. The number of imidazole rings is 1. The number of fused-ring (bicyclic) bond motifs is 1. The molecule has 6 atom stereocenters. The van der Waals surface area contributed by atoms with Crippen LogP contribution in [0.15, 0.2) is 12.7 Å². The predicted molar refractivity (Wildman–Crippen MR) is 85.6 cm³/mol. The number of hydrogen-bond acceptors (Lipinski definition) is 9. The summed E-state index contributed by atoms with van der Waals surface area (Å²) in [6.07, 6.45) is 0.768. The molecule has 1 aliphatic heterocycles. The lowest BCUT2D eigenvalue weighted by molar-refractivity contribution is -0.0511. The van der Waals surface area contributed by atoms with Crippen molar-refractivity contribution < 1.29 is 25.2 Å². The first-order chi connectivity index (χ1) is 12.1. The van der Waals surface area contributed by atoms with Gasteiger partial charge in [-0.15, -0.1) is 0 Å². The Morgan fingerprint density at radius 3 is 2.68 bits per heavy atom. The van der Waals surface area contributed by atoms with Crippen molar-refractivity contribution >= 4 is 17.0 Å². The summed E-state index contributed by atoms with van der Waals surface area (Å²) >= 11 is 0. The van der Waals surface area contributed by atoms with Gasteiger partial charge in [-0.05, 0) is 19.3 Å². The van der Waals surface area contributed by atoms with Crippen molar-refractivity contribution in [1.29, 1.82) is 0 Å². The number of nitrogens with zero attached hydrogens (tertiary/aromatic N) is 4. The zero-order chi connectivity index (χ0) is 17.6. The molecule has 1 saturated carbocycles. The van der Waals surface area contributed by atoms with Crippen LogP contribution in [0.2, 0.25) is 0 Å². The fraction of sp³-hybridized carbons (Fsp3) is 0.667. The second-order valence-corrected chi connectivity index (χ2v) is 6.52. The quantitative estimate of drug-likeness (QED) is 0.456. The van der Waals surface area contributed by atoms with E-state index in [1.54, 1.807) is 0 Å². The van der Waals surface area contributed by atoms with E-state index in [-0.39, 0.29) is 6.04 Å². The summed E-state index contributed by atoms with van der Waals surface area (Å²) in [6.45, 7) is -0.400. The third-order valence-electron chi connectivity index (χ3n) is 4.95. The van der Waals surface area contributed by atoms with Gasteiger partial charge in [0.1, 0.15) is 24.6 Å². The molecular formula is C15H21N5O5. The van der Waals surface area contributed by atoms with Crippen LogP contribution >= 0.6 is 0 Å². The molecule has 0 aromatic carbocycles. The zero-order valence-corrected chi connectivity index (χ0v) is 13.4. The lowest BCUT2D eigenvalue weighted by Gasteiger charge is -2.18. The Morgan fingerprint density at radius 1 is 1.16 bits per heavy atom. The maximum absolute atomic E-state index is 10.2. The van der Waals surface area contributed by atoms with Gasteiger partial charge in [-0.1, -0.05) is 0 Å². The molecule has 0 spiro atoms. The maximum Gasteiger partial charge on any atom is 0.167 e. The van der Waals surface area contributed by atoms with Gasteiger partial charge in [0, 0.05) is 0 Å². The number of hydrogen-bond donors (Lipinski definition) is 5. The van der Waals surface area contributed by atoms with E-state index in [0.717, 1.165) is 19.3 Å². The van der Waals surface area contributed by atoms with Gasteiger partial charge in [0.2, 0.25) is 0 Å². The van der Waals surface area contributed by atoms with Crippen molar-refractivity contribution in [3.63, 3.8) is 0 Å². The van der Waals surface area contributed by atoms with Gasteiger partial charge >= 0.3 is 0 Å². The van der Waals surface area contributed by atoms with Crippen molar-refractivity contribution in [3.8, 4) is 0 Å². The van der Waals surface area contributed by atoms with Crippen LogP contribution in [0.5, 0.6) is 0 Å². The minimum atomic E-state index is -1.21. The molecule has 1 saturated heterocycles. The number of ether oxygens (including phenoxy) is 1. The zero-order valence-electron chi connectivity index (χ0n) is 13.4. The van der Waals surface area contributed by atoms with Crippen molar-refractivity contribution in [2.75, 3.05) is 11.9 Å². The molecule has 10 nitrogen and oxygen atoms in total. The molecule has 136 valence electrons. The molecule has 2 aromatic heterocycles. The molecule has 0 bridgehead atoms. The molecule has 3 heterocycles. The van der Waals surface area contributed by atoms with Crippen LogP contribution in [0.25, 0.3) is 11.2 Å². The van der Waals surface area contributed by atoms with E-state index in [9.17, 15) is 20.4 Å². The predicted octanol–water partition coefficient (Wildman–Crippen LogP) is -1.24. The van der Waals surface area contributed by atoms with Crippen molar-refractivity contribution in [1.82, 2.24) is 19.5 Å². The molecule has 5 N–H and O–H groups in total. The Balaban J connectivity index is 1.65. The van der Waals surface area contributed by atoms with E-state index in [4.69, 9.17) is 4.74 Å². The summed E-state index contributed by atoms with van der Waals surface area (Å²) < 4.78 is 7.04. The first kappa shape index (κ1) is 16.6. The Labute approximate surface area is 143 Å². The smallest absolute Gasteiger partial charge is 0.167 e. The molecule has 0 radical (unpaired) electrons. The second-order valence-electron chi connectivity index (χ2n) is 6.52. The van der Waals surface area contributed by atoms with Crippen LogP contribution in [0, 0.1) is 0 Å². The highest BCUT2D eigenvalue weighted by Gasteiger charge is 2.44. The van der Waals surface area contributed by atoms with E-state index in [0.29, 0.717) is 17.0 Å².